The molecule has 2 saturated heterocycles. The van der Waals surface area contributed by atoms with Gasteiger partial charge in [-0.15, -0.1) is 0 Å². The summed E-state index contributed by atoms with van der Waals surface area (Å²) in [7, 11) is 0. The molecule has 3 aliphatic heterocycles. The molecule has 0 bridgehead atoms. The van der Waals surface area contributed by atoms with Crippen LogP contribution in [0.25, 0.3) is 0 Å². The van der Waals surface area contributed by atoms with Crippen LogP contribution in [0, 0.1) is 11.8 Å². The summed E-state index contributed by atoms with van der Waals surface area (Å²) in [5, 5.41) is 16.3. The third-order valence-corrected chi connectivity index (χ3v) is 5.90. The number of nitrogens with one attached hydrogen (secondary N) is 2. The van der Waals surface area contributed by atoms with Crippen LogP contribution in [-0.2, 0) is 19.9 Å². The molecule has 26 heavy (non-hydrogen) atoms. The number of imide groups is 1. The fraction of sp³-hybridized carbons (Fsp3) is 0.526. The van der Waals surface area contributed by atoms with Crippen molar-refractivity contribution in [2.45, 2.75) is 44.4 Å². The molecule has 2 fully saturated rings. The van der Waals surface area contributed by atoms with E-state index in [9.17, 15) is 19.5 Å². The molecule has 0 radical (unpaired) electrons. The smallest absolute Gasteiger partial charge is 0.250 e. The Morgan fingerprint density at radius 1 is 1.23 bits per heavy atom. The van der Waals surface area contributed by atoms with Crippen LogP contribution in [0.3, 0.4) is 0 Å². The summed E-state index contributed by atoms with van der Waals surface area (Å²) >= 11 is 0. The molecule has 3 amide bonds. The van der Waals surface area contributed by atoms with E-state index in [-0.39, 0.29) is 17.7 Å². The zero-order valence-corrected chi connectivity index (χ0v) is 14.9. The minimum atomic E-state index is -1.31. The van der Waals surface area contributed by atoms with E-state index in [1.165, 1.54) is 4.90 Å². The standard InChI is InChI=1S/C19H23N3O4/c1-3-4-9-22-16(24)13-14(17(22)25)19(21-15(13)10(2)23)11-7-5-6-8-12(11)20-18(19)26/h5-8,10,13-15,21,23H,3-4,9H2,1-2H3,(H,20,26)/t10-,13+,14+,15-,19-/m1/s1. The number of rotatable bonds is 4. The van der Waals surface area contributed by atoms with Crippen LogP contribution in [0.4, 0.5) is 5.69 Å². The topological polar surface area (TPSA) is 98.7 Å². The highest BCUT2D eigenvalue weighted by Crippen LogP contribution is 2.53. The van der Waals surface area contributed by atoms with Crippen LogP contribution in [0.5, 0.6) is 0 Å². The number of carbonyl (C=O) groups is 3. The number of para-hydroxylation sites is 1. The van der Waals surface area contributed by atoms with Gasteiger partial charge in [-0.05, 0) is 19.4 Å². The van der Waals surface area contributed by atoms with Crippen molar-refractivity contribution in [1.82, 2.24) is 10.2 Å². The molecule has 3 N–H and O–H groups in total. The number of unbranched alkanes of at least 4 members (excludes halogenated alkanes) is 1. The quantitative estimate of drug-likeness (QED) is 0.685. The first-order valence-corrected chi connectivity index (χ1v) is 9.15. The second-order valence-electron chi connectivity index (χ2n) is 7.40. The zero-order valence-electron chi connectivity index (χ0n) is 14.9. The fourth-order valence-electron chi connectivity index (χ4n) is 4.70. The predicted molar refractivity (Wildman–Crippen MR) is 94.0 cm³/mol. The first-order chi connectivity index (χ1) is 12.4. The van der Waals surface area contributed by atoms with Crippen LogP contribution in [0.2, 0.25) is 0 Å². The van der Waals surface area contributed by atoms with E-state index >= 15 is 0 Å². The summed E-state index contributed by atoms with van der Waals surface area (Å²) in [6, 6.07) is 6.55. The van der Waals surface area contributed by atoms with Gasteiger partial charge in [-0.1, -0.05) is 31.5 Å². The lowest BCUT2D eigenvalue weighted by Crippen LogP contribution is -2.54. The average molecular weight is 357 g/mol. The maximum atomic E-state index is 13.2. The summed E-state index contributed by atoms with van der Waals surface area (Å²) in [6.07, 6.45) is 0.712. The molecule has 3 heterocycles. The highest BCUT2D eigenvalue weighted by atomic mass is 16.3. The number of aliphatic hydroxyl groups is 1. The number of amides is 3. The Morgan fingerprint density at radius 3 is 2.65 bits per heavy atom. The first kappa shape index (κ1) is 17.2. The highest BCUT2D eigenvalue weighted by Gasteiger charge is 2.70. The monoisotopic (exact) mass is 357 g/mol. The number of anilines is 1. The molecule has 5 atom stereocenters. The molecule has 7 heteroatoms. The second kappa shape index (κ2) is 5.89. The van der Waals surface area contributed by atoms with E-state index in [0.717, 1.165) is 12.8 Å². The number of fused-ring (bicyclic) bond motifs is 4. The van der Waals surface area contributed by atoms with Gasteiger partial charge in [0.1, 0.15) is 5.54 Å². The predicted octanol–water partition coefficient (Wildman–Crippen LogP) is 0.588. The highest BCUT2D eigenvalue weighted by molar-refractivity contribution is 6.15. The Balaban J connectivity index is 1.85. The minimum Gasteiger partial charge on any atom is -0.392 e. The summed E-state index contributed by atoms with van der Waals surface area (Å²) in [4.78, 5) is 40.5. The van der Waals surface area contributed by atoms with Gasteiger partial charge >= 0.3 is 0 Å². The van der Waals surface area contributed by atoms with Crippen molar-refractivity contribution >= 4 is 23.4 Å². The van der Waals surface area contributed by atoms with E-state index < -0.39 is 29.5 Å². The number of benzene rings is 1. The molecule has 7 nitrogen and oxygen atoms in total. The maximum Gasteiger partial charge on any atom is 0.250 e. The van der Waals surface area contributed by atoms with E-state index in [0.29, 0.717) is 17.8 Å². The van der Waals surface area contributed by atoms with Crippen LogP contribution in [-0.4, -0.2) is 46.4 Å². The van der Waals surface area contributed by atoms with Crippen molar-refractivity contribution < 1.29 is 19.5 Å². The van der Waals surface area contributed by atoms with Gasteiger partial charge in [0.15, 0.2) is 0 Å². The van der Waals surface area contributed by atoms with Gasteiger partial charge in [-0.2, -0.15) is 0 Å². The van der Waals surface area contributed by atoms with Crippen molar-refractivity contribution in [2.24, 2.45) is 11.8 Å². The molecule has 4 rings (SSSR count). The van der Waals surface area contributed by atoms with Crippen molar-refractivity contribution in [3.63, 3.8) is 0 Å². The van der Waals surface area contributed by atoms with Crippen molar-refractivity contribution in [3.8, 4) is 0 Å². The number of hydrogen-bond acceptors (Lipinski definition) is 5. The van der Waals surface area contributed by atoms with Crippen LogP contribution < -0.4 is 10.6 Å². The number of carbonyl (C=O) groups excluding carboxylic acids is 3. The van der Waals surface area contributed by atoms with E-state index in [2.05, 4.69) is 10.6 Å². The minimum absolute atomic E-state index is 0.291. The van der Waals surface area contributed by atoms with Gasteiger partial charge < -0.3 is 10.4 Å². The molecule has 0 aromatic heterocycles. The third kappa shape index (κ3) is 2.04. The Hall–Kier alpha value is -2.25. The van der Waals surface area contributed by atoms with Gasteiger partial charge in [0.05, 0.1) is 17.9 Å². The van der Waals surface area contributed by atoms with Gasteiger partial charge in [0.2, 0.25) is 17.7 Å². The lowest BCUT2D eigenvalue weighted by atomic mass is 9.76. The molecule has 0 aliphatic carbocycles. The largest absolute Gasteiger partial charge is 0.392 e. The summed E-state index contributed by atoms with van der Waals surface area (Å²) < 4.78 is 0. The molecule has 1 aromatic carbocycles. The molecule has 1 spiro atoms. The van der Waals surface area contributed by atoms with Gasteiger partial charge in [-0.25, -0.2) is 0 Å². The first-order valence-electron chi connectivity index (χ1n) is 9.15. The number of nitrogens with zero attached hydrogens (tertiary/aromatic N) is 1. The second-order valence-corrected chi connectivity index (χ2v) is 7.40. The van der Waals surface area contributed by atoms with Gasteiger partial charge in [0.25, 0.3) is 0 Å². The van der Waals surface area contributed by atoms with Crippen LogP contribution in [0.15, 0.2) is 24.3 Å². The molecular formula is C19H23N3O4. The number of aliphatic hydroxyl groups excluding tert-OH is 1. The van der Waals surface area contributed by atoms with Gasteiger partial charge in [0, 0.05) is 23.8 Å². The van der Waals surface area contributed by atoms with Crippen LogP contribution >= 0.6 is 0 Å². The molecular weight excluding hydrogens is 334 g/mol. The average Bonchev–Trinajstić information content (AvgIpc) is 3.20. The molecule has 138 valence electrons. The molecule has 1 aromatic rings. The van der Waals surface area contributed by atoms with Crippen LogP contribution in [0.1, 0.15) is 32.3 Å². The Morgan fingerprint density at radius 2 is 1.96 bits per heavy atom. The summed E-state index contributed by atoms with van der Waals surface area (Å²) in [5.41, 5.74) is 0.000255. The van der Waals surface area contributed by atoms with Gasteiger partial charge in [-0.3, -0.25) is 24.6 Å². The van der Waals surface area contributed by atoms with E-state index in [1.54, 1.807) is 19.1 Å². The SMILES string of the molecule is CCCCN1C(=O)[C@@H]2[C@@H]([C@@H](C)O)N[C@@]3(C(=O)Nc4ccccc43)[C@@H]2C1=O. The number of likely N-dealkylation sites (tertiary alicyclic amines) is 1. The Bertz CT molecular complexity index is 793. The Labute approximate surface area is 151 Å². The third-order valence-electron chi connectivity index (χ3n) is 5.90. The van der Waals surface area contributed by atoms with Crippen molar-refractivity contribution in [2.75, 3.05) is 11.9 Å². The van der Waals surface area contributed by atoms with Crippen molar-refractivity contribution in [1.29, 1.82) is 0 Å². The fourth-order valence-corrected chi connectivity index (χ4v) is 4.70. The summed E-state index contributed by atoms with van der Waals surface area (Å²) in [5.74, 6) is -2.53. The zero-order chi connectivity index (χ0) is 18.6. The van der Waals surface area contributed by atoms with Crippen molar-refractivity contribution in [3.05, 3.63) is 29.8 Å². The molecule has 3 aliphatic rings. The normalized spacial score (nSPS) is 33.6. The Kier molecular flexibility index (Phi) is 3.89. The van der Waals surface area contributed by atoms with E-state index in [1.807, 2.05) is 19.1 Å². The lowest BCUT2D eigenvalue weighted by Gasteiger charge is -2.30. The maximum absolute atomic E-state index is 13.2. The molecule has 0 unspecified atom stereocenters. The summed E-state index contributed by atoms with van der Waals surface area (Å²) in [6.45, 7) is 3.93. The van der Waals surface area contributed by atoms with E-state index in [4.69, 9.17) is 0 Å². The molecule has 0 saturated carbocycles. The lowest BCUT2D eigenvalue weighted by molar-refractivity contribution is -0.143. The number of hydrogen-bond donors (Lipinski definition) is 3.